The highest BCUT2D eigenvalue weighted by Gasteiger charge is 2.52. The number of hydrogen-bond acceptors (Lipinski definition) is 4. The van der Waals surface area contributed by atoms with E-state index in [0.717, 1.165) is 24.5 Å². The number of amides is 1. The topological polar surface area (TPSA) is 92.5 Å². The molecule has 2 aromatic rings. The number of anilines is 1. The van der Waals surface area contributed by atoms with Crippen LogP contribution in [0.2, 0.25) is 0 Å². The number of carbonyl (C=O) groups is 1. The van der Waals surface area contributed by atoms with Gasteiger partial charge in [0.15, 0.2) is 0 Å². The molecule has 0 aliphatic heterocycles. The number of hydrogen-bond donors (Lipinski definition) is 2. The monoisotopic (exact) mass is 432 g/mol. The van der Waals surface area contributed by atoms with Crippen molar-refractivity contribution in [1.29, 1.82) is 0 Å². The summed E-state index contributed by atoms with van der Waals surface area (Å²) in [7, 11) is 0. The summed E-state index contributed by atoms with van der Waals surface area (Å²) in [4.78, 5) is 22.6. The number of alkyl halides is 3. The van der Waals surface area contributed by atoms with E-state index in [4.69, 9.17) is 0 Å². The molecule has 0 radical (unpaired) electrons. The minimum atomic E-state index is -4.99. The van der Waals surface area contributed by atoms with Gasteiger partial charge in [0.2, 0.25) is 5.60 Å². The number of nitro benzene ring substituents is 1. The summed E-state index contributed by atoms with van der Waals surface area (Å²) in [6.07, 6.45) is -3.56. The number of benzene rings is 2. The summed E-state index contributed by atoms with van der Waals surface area (Å²) in [6, 6.07) is 11.4. The molecule has 1 saturated carbocycles. The molecule has 162 valence electrons. The normalized spacial score (nSPS) is 16.4. The van der Waals surface area contributed by atoms with Crippen LogP contribution in [0.25, 0.3) is 0 Å². The molecule has 1 unspecified atom stereocenters. The summed E-state index contributed by atoms with van der Waals surface area (Å²) in [6.45, 7) is 1.44. The van der Waals surface area contributed by atoms with E-state index >= 15 is 0 Å². The van der Waals surface area contributed by atoms with Crippen LogP contribution in [0, 0.1) is 22.0 Å². The maximum absolute atomic E-state index is 13.2. The van der Waals surface area contributed by atoms with Crippen LogP contribution in [0.1, 0.15) is 37.3 Å². The second-order valence-corrected chi connectivity index (χ2v) is 7.50. The van der Waals surface area contributed by atoms with Crippen LogP contribution in [0.3, 0.4) is 0 Å². The molecule has 2 aromatic carbocycles. The molecule has 1 aliphatic carbocycles. The Balaban J connectivity index is 1.89. The second-order valence-electron chi connectivity index (χ2n) is 7.50. The Bertz CT molecular complexity index is 1070. The lowest BCUT2D eigenvalue weighted by molar-refractivity contribution is -0.388. The van der Waals surface area contributed by atoms with Crippen LogP contribution in [0.5, 0.6) is 0 Å². The van der Waals surface area contributed by atoms with Crippen LogP contribution in [0.4, 0.5) is 24.5 Å². The largest absolute Gasteiger partial charge is 0.423 e. The van der Waals surface area contributed by atoms with E-state index in [0.29, 0.717) is 12.1 Å². The molecule has 31 heavy (non-hydrogen) atoms. The zero-order chi connectivity index (χ0) is 22.9. The average molecular weight is 432 g/mol. The van der Waals surface area contributed by atoms with Crippen molar-refractivity contribution in [2.24, 2.45) is 0 Å². The third-order valence-corrected chi connectivity index (χ3v) is 5.30. The van der Waals surface area contributed by atoms with Crippen molar-refractivity contribution in [1.82, 2.24) is 0 Å². The zero-order valence-electron chi connectivity index (χ0n) is 16.5. The molecular formula is C22H19F3N2O4. The van der Waals surface area contributed by atoms with Gasteiger partial charge in [0.25, 0.3) is 11.6 Å². The first-order chi connectivity index (χ1) is 14.5. The van der Waals surface area contributed by atoms with E-state index in [-0.39, 0.29) is 12.1 Å². The molecule has 6 nitrogen and oxygen atoms in total. The highest BCUT2D eigenvalue weighted by Crippen LogP contribution is 2.53. The lowest BCUT2D eigenvalue weighted by Gasteiger charge is -2.27. The maximum Gasteiger partial charge on any atom is 0.423 e. The fourth-order valence-corrected chi connectivity index (χ4v) is 3.62. The predicted molar refractivity (Wildman–Crippen MR) is 107 cm³/mol. The number of carbonyl (C=O) groups excluding carboxylic acids is 1. The van der Waals surface area contributed by atoms with Crippen molar-refractivity contribution in [2.75, 3.05) is 5.32 Å². The summed E-state index contributed by atoms with van der Waals surface area (Å²) in [5.41, 5.74) is -4.62. The first-order valence-corrected chi connectivity index (χ1v) is 9.40. The molecule has 2 N–H and O–H groups in total. The predicted octanol–water partition coefficient (Wildman–Crippen LogP) is 4.43. The maximum atomic E-state index is 13.2. The smallest absolute Gasteiger partial charge is 0.369 e. The Morgan fingerprint density at radius 1 is 1.23 bits per heavy atom. The molecule has 0 bridgehead atoms. The highest BCUT2D eigenvalue weighted by atomic mass is 19.4. The minimum absolute atomic E-state index is 0.0319. The van der Waals surface area contributed by atoms with Gasteiger partial charge < -0.3 is 10.4 Å². The molecule has 1 aliphatic rings. The van der Waals surface area contributed by atoms with Gasteiger partial charge in [-0.05, 0) is 42.9 Å². The molecule has 1 fully saturated rings. The molecule has 0 heterocycles. The van der Waals surface area contributed by atoms with E-state index in [2.05, 4.69) is 17.2 Å². The summed E-state index contributed by atoms with van der Waals surface area (Å²) < 4.78 is 39.6. The molecule has 0 aromatic heterocycles. The van der Waals surface area contributed by atoms with Gasteiger partial charge in [0, 0.05) is 18.2 Å². The molecular weight excluding hydrogens is 413 g/mol. The summed E-state index contributed by atoms with van der Waals surface area (Å²) in [5.74, 6) is 3.99. The summed E-state index contributed by atoms with van der Waals surface area (Å²) >= 11 is 0. The molecule has 1 amide bonds. The van der Waals surface area contributed by atoms with E-state index in [1.54, 1.807) is 0 Å². The van der Waals surface area contributed by atoms with Gasteiger partial charge in [-0.1, -0.05) is 36.3 Å². The van der Waals surface area contributed by atoms with E-state index < -0.39 is 39.3 Å². The number of aliphatic hydroxyl groups is 1. The fraction of sp³-hybridized carbons (Fsp3) is 0.318. The fourth-order valence-electron chi connectivity index (χ4n) is 3.62. The first kappa shape index (κ1) is 22.3. The van der Waals surface area contributed by atoms with Gasteiger partial charge in [-0.2, -0.15) is 13.2 Å². The highest BCUT2D eigenvalue weighted by molar-refractivity contribution is 6.00. The average Bonchev–Trinajstić information content (AvgIpc) is 3.48. The Morgan fingerprint density at radius 2 is 1.87 bits per heavy atom. The second kappa shape index (κ2) is 8.04. The van der Waals surface area contributed by atoms with Crippen molar-refractivity contribution in [3.05, 3.63) is 69.8 Å². The van der Waals surface area contributed by atoms with Crippen LogP contribution in [-0.2, 0) is 16.4 Å². The van der Waals surface area contributed by atoms with Gasteiger partial charge in [-0.15, -0.1) is 5.92 Å². The van der Waals surface area contributed by atoms with Crippen LogP contribution >= 0.6 is 0 Å². The van der Waals surface area contributed by atoms with Gasteiger partial charge in [-0.3, -0.25) is 14.9 Å². The Morgan fingerprint density at radius 3 is 2.39 bits per heavy atom. The Labute approximate surface area is 176 Å². The van der Waals surface area contributed by atoms with Crippen LogP contribution < -0.4 is 5.32 Å². The van der Waals surface area contributed by atoms with Gasteiger partial charge in [0.05, 0.1) is 4.92 Å². The summed E-state index contributed by atoms with van der Waals surface area (Å²) in [5, 5.41) is 24.2. The number of halogens is 3. The molecule has 9 heteroatoms. The van der Waals surface area contributed by atoms with Crippen molar-refractivity contribution in [2.45, 2.75) is 43.4 Å². The lowest BCUT2D eigenvalue weighted by Crippen LogP contribution is -2.44. The first-order valence-electron chi connectivity index (χ1n) is 9.40. The van der Waals surface area contributed by atoms with Crippen molar-refractivity contribution in [3.63, 3.8) is 0 Å². The molecule has 0 spiro atoms. The minimum Gasteiger partial charge on any atom is -0.369 e. The van der Waals surface area contributed by atoms with E-state index in [9.17, 15) is 33.2 Å². The number of nitrogens with one attached hydrogen (secondary N) is 1. The van der Waals surface area contributed by atoms with Gasteiger partial charge in [-0.25, -0.2) is 0 Å². The standard InChI is InChI=1S/C22H19F3N2O4/c1-2-10-21(29,14-20(11-12-20)15-6-4-3-5-7-15)19(28)26-16-8-9-18(27(30)31)17(13-16)22(23,24)25/h3-9,13,29H,11-12,14H2,1H3,(H,26,28). The SMILES string of the molecule is CC#CC(O)(CC1(c2ccccc2)CC1)C(=O)Nc1ccc([N+](=O)[O-])c(C(F)(F)F)c1. The number of nitro groups is 1. The number of rotatable bonds is 6. The molecule has 1 atom stereocenters. The third kappa shape index (κ3) is 4.70. The number of nitrogens with zero attached hydrogens (tertiary/aromatic N) is 1. The lowest BCUT2D eigenvalue weighted by atomic mass is 9.82. The van der Waals surface area contributed by atoms with Crippen molar-refractivity contribution < 1.29 is 28.0 Å². The Hall–Kier alpha value is -3.38. The quantitative estimate of drug-likeness (QED) is 0.401. The van der Waals surface area contributed by atoms with Crippen molar-refractivity contribution in [3.8, 4) is 11.8 Å². The van der Waals surface area contributed by atoms with Crippen LogP contribution in [-0.4, -0.2) is 21.5 Å². The third-order valence-electron chi connectivity index (χ3n) is 5.30. The molecule has 0 saturated heterocycles. The van der Waals surface area contributed by atoms with Gasteiger partial charge in [0.1, 0.15) is 5.56 Å². The Kier molecular flexibility index (Phi) is 5.79. The van der Waals surface area contributed by atoms with Gasteiger partial charge >= 0.3 is 6.18 Å². The molecule has 3 rings (SSSR count). The van der Waals surface area contributed by atoms with Crippen molar-refractivity contribution >= 4 is 17.3 Å². The van der Waals surface area contributed by atoms with E-state index in [1.807, 2.05) is 30.3 Å². The van der Waals surface area contributed by atoms with Crippen LogP contribution in [0.15, 0.2) is 48.5 Å². The zero-order valence-corrected chi connectivity index (χ0v) is 16.5. The van der Waals surface area contributed by atoms with E-state index in [1.165, 1.54) is 6.92 Å².